The summed E-state index contributed by atoms with van der Waals surface area (Å²) in [5.41, 5.74) is 0. The van der Waals surface area contributed by atoms with Crippen LogP contribution in [0.4, 0.5) is 0 Å². The highest BCUT2D eigenvalue weighted by molar-refractivity contribution is 6.24. The van der Waals surface area contributed by atoms with Crippen molar-refractivity contribution in [1.29, 1.82) is 0 Å². The molecule has 0 aromatic carbocycles. The van der Waals surface area contributed by atoms with Gasteiger partial charge < -0.3 is 0 Å². The van der Waals surface area contributed by atoms with E-state index in [1.54, 1.807) is 0 Å². The molecule has 1 aliphatic rings. The molecule has 0 N–H and O–H groups in total. The molecule has 7 heavy (non-hydrogen) atoms. The van der Waals surface area contributed by atoms with Gasteiger partial charge in [-0.2, -0.15) is 0 Å². The molecular weight excluding hydrogens is 112 g/mol. The molecule has 0 saturated heterocycles. The van der Waals surface area contributed by atoms with Crippen LogP contribution in [0.2, 0.25) is 0 Å². The first-order chi connectivity index (χ1) is 3.27. The van der Waals surface area contributed by atoms with Gasteiger partial charge in [0.25, 0.3) is 5.12 Å². The monoisotopic (exact) mass is 118 g/mol. The minimum Gasteiger partial charge on any atom is -0.141 e. The van der Waals surface area contributed by atoms with E-state index in [-0.39, 0.29) is 0 Å². The standard InChI is InChI=1S/C4H7ClN2/c1-2-3-4(5)6-7-4/h2-3H2,1H3. The first-order valence-electron chi connectivity index (χ1n) is 2.40. The van der Waals surface area contributed by atoms with Crippen molar-refractivity contribution in [3.05, 3.63) is 0 Å². The van der Waals surface area contributed by atoms with E-state index in [1.165, 1.54) is 0 Å². The fourth-order valence-electron chi connectivity index (χ4n) is 0.472. The summed E-state index contributed by atoms with van der Waals surface area (Å²) in [5, 5.41) is 6.75. The summed E-state index contributed by atoms with van der Waals surface area (Å²) >= 11 is 5.61. The third kappa shape index (κ3) is 1.13. The average Bonchev–Trinajstić information content (AvgIpc) is 2.22. The SMILES string of the molecule is CCCC1(Cl)N=N1. The molecule has 3 heteroatoms. The molecule has 0 unspecified atom stereocenters. The second-order valence-corrected chi connectivity index (χ2v) is 2.27. The highest BCUT2D eigenvalue weighted by atomic mass is 35.5. The Morgan fingerprint density at radius 1 is 1.57 bits per heavy atom. The lowest BCUT2D eigenvalue weighted by Gasteiger charge is -1.92. The molecule has 1 aliphatic heterocycles. The second-order valence-electron chi connectivity index (χ2n) is 1.67. The van der Waals surface area contributed by atoms with Gasteiger partial charge in [0.15, 0.2) is 0 Å². The van der Waals surface area contributed by atoms with Gasteiger partial charge in [-0.1, -0.05) is 24.9 Å². The number of nitrogens with zero attached hydrogens (tertiary/aromatic N) is 2. The topological polar surface area (TPSA) is 24.7 Å². The van der Waals surface area contributed by atoms with Gasteiger partial charge in [-0.05, 0) is 0 Å². The van der Waals surface area contributed by atoms with E-state index in [4.69, 9.17) is 11.6 Å². The van der Waals surface area contributed by atoms with Crippen LogP contribution in [0.15, 0.2) is 10.2 Å². The molecule has 0 radical (unpaired) electrons. The van der Waals surface area contributed by atoms with Gasteiger partial charge in [0, 0.05) is 6.42 Å². The van der Waals surface area contributed by atoms with Crippen LogP contribution in [0.5, 0.6) is 0 Å². The van der Waals surface area contributed by atoms with Crippen LogP contribution in [0.1, 0.15) is 19.8 Å². The maximum absolute atomic E-state index is 5.61. The Kier molecular flexibility index (Phi) is 1.04. The van der Waals surface area contributed by atoms with E-state index in [0.29, 0.717) is 0 Å². The maximum Gasteiger partial charge on any atom is 0.263 e. The molecule has 0 bridgehead atoms. The van der Waals surface area contributed by atoms with E-state index < -0.39 is 5.12 Å². The largest absolute Gasteiger partial charge is 0.263 e. The van der Waals surface area contributed by atoms with E-state index in [1.807, 2.05) is 0 Å². The fraction of sp³-hybridized carbons (Fsp3) is 1.00. The zero-order valence-electron chi connectivity index (χ0n) is 4.19. The number of alkyl halides is 1. The molecule has 1 rings (SSSR count). The molecule has 0 amide bonds. The van der Waals surface area contributed by atoms with Gasteiger partial charge in [0.1, 0.15) is 0 Å². The Morgan fingerprint density at radius 2 is 2.14 bits per heavy atom. The highest BCUT2D eigenvalue weighted by Gasteiger charge is 2.35. The van der Waals surface area contributed by atoms with Gasteiger partial charge in [-0.15, -0.1) is 10.2 Å². The zero-order valence-corrected chi connectivity index (χ0v) is 4.94. The van der Waals surface area contributed by atoms with Crippen molar-refractivity contribution >= 4 is 11.6 Å². The molecule has 0 aromatic rings. The van der Waals surface area contributed by atoms with Gasteiger partial charge >= 0.3 is 0 Å². The highest BCUT2D eigenvalue weighted by Crippen LogP contribution is 2.36. The molecule has 0 aromatic heterocycles. The summed E-state index contributed by atoms with van der Waals surface area (Å²) in [6.45, 7) is 2.06. The lowest BCUT2D eigenvalue weighted by Crippen LogP contribution is -1.96. The summed E-state index contributed by atoms with van der Waals surface area (Å²) in [6, 6.07) is 0. The van der Waals surface area contributed by atoms with Crippen LogP contribution in [-0.2, 0) is 0 Å². The fourth-order valence-corrected chi connectivity index (χ4v) is 0.699. The molecule has 1 heterocycles. The first kappa shape index (κ1) is 5.04. The van der Waals surface area contributed by atoms with E-state index in [2.05, 4.69) is 17.2 Å². The maximum atomic E-state index is 5.61. The quantitative estimate of drug-likeness (QED) is 0.392. The summed E-state index contributed by atoms with van der Waals surface area (Å²) in [4.78, 5) is 0. The number of halogens is 1. The van der Waals surface area contributed by atoms with Crippen molar-refractivity contribution in [2.75, 3.05) is 0 Å². The Balaban J connectivity index is 2.16. The molecule has 40 valence electrons. The Hall–Kier alpha value is -0.110. The van der Waals surface area contributed by atoms with Crippen molar-refractivity contribution < 1.29 is 0 Å². The minimum absolute atomic E-state index is 0.477. The first-order valence-corrected chi connectivity index (χ1v) is 2.77. The summed E-state index contributed by atoms with van der Waals surface area (Å²) < 4.78 is 0. The van der Waals surface area contributed by atoms with Crippen molar-refractivity contribution in [3.63, 3.8) is 0 Å². The smallest absolute Gasteiger partial charge is 0.141 e. The van der Waals surface area contributed by atoms with Crippen LogP contribution >= 0.6 is 11.6 Å². The van der Waals surface area contributed by atoms with Gasteiger partial charge in [-0.3, -0.25) is 0 Å². The van der Waals surface area contributed by atoms with Crippen molar-refractivity contribution in [1.82, 2.24) is 0 Å². The van der Waals surface area contributed by atoms with E-state index in [9.17, 15) is 0 Å². The Labute approximate surface area is 47.6 Å². The predicted molar refractivity (Wildman–Crippen MR) is 28.3 cm³/mol. The zero-order chi connectivity index (χ0) is 5.33. The third-order valence-corrected chi connectivity index (χ3v) is 1.23. The van der Waals surface area contributed by atoms with E-state index >= 15 is 0 Å². The number of rotatable bonds is 2. The van der Waals surface area contributed by atoms with Crippen LogP contribution in [-0.4, -0.2) is 5.12 Å². The summed E-state index contributed by atoms with van der Waals surface area (Å²) in [7, 11) is 0. The number of hydrogen-bond acceptors (Lipinski definition) is 2. The van der Waals surface area contributed by atoms with Crippen molar-refractivity contribution in [2.45, 2.75) is 24.9 Å². The number of hydrogen-bond donors (Lipinski definition) is 0. The van der Waals surface area contributed by atoms with Gasteiger partial charge in [0.2, 0.25) is 0 Å². The Morgan fingerprint density at radius 3 is 2.29 bits per heavy atom. The Bertz CT molecular complexity index is 93.9. The van der Waals surface area contributed by atoms with Crippen LogP contribution < -0.4 is 0 Å². The summed E-state index contributed by atoms with van der Waals surface area (Å²) in [6.07, 6.45) is 1.94. The molecular formula is C4H7ClN2. The lowest BCUT2D eigenvalue weighted by atomic mass is 10.3. The van der Waals surface area contributed by atoms with Crippen LogP contribution in [0, 0.1) is 0 Å². The second kappa shape index (κ2) is 1.44. The summed E-state index contributed by atoms with van der Waals surface area (Å²) in [5.74, 6) is 0. The molecule has 0 spiro atoms. The van der Waals surface area contributed by atoms with Gasteiger partial charge in [0.05, 0.1) is 0 Å². The van der Waals surface area contributed by atoms with Gasteiger partial charge in [-0.25, -0.2) is 0 Å². The lowest BCUT2D eigenvalue weighted by molar-refractivity contribution is 0.706. The normalized spacial score (nSPS) is 22.6. The molecule has 2 nitrogen and oxygen atoms in total. The minimum atomic E-state index is -0.477. The average molecular weight is 119 g/mol. The molecule has 0 atom stereocenters. The van der Waals surface area contributed by atoms with Crippen molar-refractivity contribution in [3.8, 4) is 0 Å². The van der Waals surface area contributed by atoms with Crippen molar-refractivity contribution in [2.24, 2.45) is 10.2 Å². The van der Waals surface area contributed by atoms with E-state index in [0.717, 1.165) is 12.8 Å². The predicted octanol–water partition coefficient (Wildman–Crippen LogP) is 2.14. The van der Waals surface area contributed by atoms with Crippen LogP contribution in [0.3, 0.4) is 0 Å². The van der Waals surface area contributed by atoms with Crippen LogP contribution in [0.25, 0.3) is 0 Å². The third-order valence-electron chi connectivity index (χ3n) is 0.885. The molecule has 0 aliphatic carbocycles. The molecule has 0 fully saturated rings. The molecule has 0 saturated carbocycles.